The molecule has 0 bridgehead atoms. The van der Waals surface area contributed by atoms with Crippen LogP contribution in [0, 0.1) is 13.8 Å². The number of nitrogens with one attached hydrogen (secondary N) is 2. The lowest BCUT2D eigenvalue weighted by atomic mass is 10.1. The highest BCUT2D eigenvalue weighted by molar-refractivity contribution is 7.89. The number of halogens is 3. The third kappa shape index (κ3) is 7.64. The fourth-order valence-corrected chi connectivity index (χ4v) is 5.54. The molecule has 0 atom stereocenters. The van der Waals surface area contributed by atoms with Gasteiger partial charge in [0.05, 0.1) is 29.2 Å². The molecule has 0 aliphatic rings. The summed E-state index contributed by atoms with van der Waals surface area (Å²) in [6.45, 7) is 6.15. The van der Waals surface area contributed by atoms with Crippen LogP contribution >= 0.6 is 0 Å². The molecule has 8 nitrogen and oxygen atoms in total. The van der Waals surface area contributed by atoms with Gasteiger partial charge >= 0.3 is 6.18 Å². The minimum absolute atomic E-state index is 0.00357. The number of aryl methyl sites for hydroxylation is 2. The van der Waals surface area contributed by atoms with Crippen LogP contribution in [0.5, 0.6) is 0 Å². The van der Waals surface area contributed by atoms with Gasteiger partial charge in [-0.1, -0.05) is 48.0 Å². The van der Waals surface area contributed by atoms with E-state index in [9.17, 15) is 26.4 Å². The van der Waals surface area contributed by atoms with Crippen molar-refractivity contribution in [2.75, 3.05) is 25.1 Å². The highest BCUT2D eigenvalue weighted by Crippen LogP contribution is 2.30. The minimum atomic E-state index is -4.49. The molecule has 4 rings (SSSR count). The molecule has 1 aromatic heterocycles. The van der Waals surface area contributed by atoms with Crippen LogP contribution in [-0.4, -0.2) is 43.9 Å². The number of rotatable bonds is 11. The summed E-state index contributed by atoms with van der Waals surface area (Å²) in [5, 5.41) is 7.28. The van der Waals surface area contributed by atoms with Crippen LogP contribution in [0.2, 0.25) is 0 Å². The van der Waals surface area contributed by atoms with Gasteiger partial charge in [0.1, 0.15) is 5.69 Å². The average molecular weight is 601 g/mol. The molecule has 0 radical (unpaired) electrons. The summed E-state index contributed by atoms with van der Waals surface area (Å²) in [5.41, 5.74) is 2.46. The molecule has 0 saturated heterocycles. The van der Waals surface area contributed by atoms with Gasteiger partial charge in [0.2, 0.25) is 10.0 Å². The SMILES string of the molecule is CCOCCNS(=O)(=O)c1cc(NC(=O)c2cn(Cc3cccc(C(F)(F)F)c3)nc2-c2ccc(C)cc2)ccc1C. The lowest BCUT2D eigenvalue weighted by Crippen LogP contribution is -2.28. The maximum absolute atomic E-state index is 13.5. The Morgan fingerprint density at radius 2 is 1.76 bits per heavy atom. The highest BCUT2D eigenvalue weighted by Gasteiger charge is 2.30. The first-order valence-electron chi connectivity index (χ1n) is 13.2. The van der Waals surface area contributed by atoms with Crippen LogP contribution in [0.1, 0.15) is 39.5 Å². The highest BCUT2D eigenvalue weighted by atomic mass is 32.2. The van der Waals surface area contributed by atoms with Crippen LogP contribution < -0.4 is 10.0 Å². The molecular formula is C30H31F3N4O4S. The van der Waals surface area contributed by atoms with Crippen LogP contribution in [0.4, 0.5) is 18.9 Å². The molecule has 3 aromatic carbocycles. The number of ether oxygens (including phenoxy) is 1. The Kier molecular flexibility index (Phi) is 9.50. The molecule has 0 aliphatic heterocycles. The van der Waals surface area contributed by atoms with E-state index < -0.39 is 27.7 Å². The number of alkyl halides is 3. The third-order valence-electron chi connectivity index (χ3n) is 6.41. The van der Waals surface area contributed by atoms with Crippen LogP contribution in [0.3, 0.4) is 0 Å². The summed E-state index contributed by atoms with van der Waals surface area (Å²) in [7, 11) is -3.87. The predicted molar refractivity (Wildman–Crippen MR) is 154 cm³/mol. The van der Waals surface area contributed by atoms with E-state index in [1.807, 2.05) is 26.0 Å². The molecule has 0 aliphatic carbocycles. The van der Waals surface area contributed by atoms with E-state index >= 15 is 0 Å². The Labute approximate surface area is 242 Å². The Morgan fingerprint density at radius 1 is 1.02 bits per heavy atom. The third-order valence-corrected chi connectivity index (χ3v) is 8.01. The topological polar surface area (TPSA) is 102 Å². The molecule has 1 heterocycles. The van der Waals surface area contributed by atoms with E-state index in [0.29, 0.717) is 29.0 Å². The zero-order chi connectivity index (χ0) is 30.5. The summed E-state index contributed by atoms with van der Waals surface area (Å²) in [5.74, 6) is -0.558. The van der Waals surface area contributed by atoms with Crippen molar-refractivity contribution in [1.29, 1.82) is 0 Å². The number of carbonyl (C=O) groups is 1. The first-order chi connectivity index (χ1) is 19.9. The van der Waals surface area contributed by atoms with Gasteiger partial charge < -0.3 is 10.1 Å². The predicted octanol–water partition coefficient (Wildman–Crippen LogP) is 5.80. The van der Waals surface area contributed by atoms with Crippen molar-refractivity contribution in [3.8, 4) is 11.3 Å². The number of aromatic nitrogens is 2. The number of amides is 1. The van der Waals surface area contributed by atoms with Crippen molar-refractivity contribution in [3.05, 3.63) is 101 Å². The molecule has 4 aromatic rings. The van der Waals surface area contributed by atoms with Crippen molar-refractivity contribution in [3.63, 3.8) is 0 Å². The molecule has 1 amide bonds. The van der Waals surface area contributed by atoms with Crippen molar-refractivity contribution in [2.24, 2.45) is 0 Å². The fourth-order valence-electron chi connectivity index (χ4n) is 4.26. The first-order valence-corrected chi connectivity index (χ1v) is 14.7. The monoisotopic (exact) mass is 600 g/mol. The molecule has 0 unspecified atom stereocenters. The summed E-state index contributed by atoms with van der Waals surface area (Å²) in [6, 6.07) is 16.8. The Balaban J connectivity index is 1.64. The quantitative estimate of drug-likeness (QED) is 0.212. The number of sulfonamides is 1. The molecule has 12 heteroatoms. The van der Waals surface area contributed by atoms with Gasteiger partial charge in [-0.3, -0.25) is 9.48 Å². The summed E-state index contributed by atoms with van der Waals surface area (Å²) in [4.78, 5) is 13.5. The van der Waals surface area contributed by atoms with Crippen molar-refractivity contribution in [2.45, 2.75) is 38.4 Å². The molecule has 0 saturated carbocycles. The smallest absolute Gasteiger partial charge is 0.380 e. The summed E-state index contributed by atoms with van der Waals surface area (Å²) in [6.07, 6.45) is -3.02. The van der Waals surface area contributed by atoms with Gasteiger partial charge in [-0.15, -0.1) is 0 Å². The minimum Gasteiger partial charge on any atom is -0.380 e. The molecule has 0 fully saturated rings. The largest absolute Gasteiger partial charge is 0.416 e. The number of hydrogen-bond donors (Lipinski definition) is 2. The Hall–Kier alpha value is -4.00. The summed E-state index contributed by atoms with van der Waals surface area (Å²) < 4.78 is 74.6. The lowest BCUT2D eigenvalue weighted by Gasteiger charge is -2.12. The Morgan fingerprint density at radius 3 is 2.45 bits per heavy atom. The maximum Gasteiger partial charge on any atom is 0.416 e. The molecule has 0 spiro atoms. The lowest BCUT2D eigenvalue weighted by molar-refractivity contribution is -0.137. The van der Waals surface area contributed by atoms with E-state index in [-0.39, 0.29) is 35.8 Å². The molecule has 42 heavy (non-hydrogen) atoms. The second-order valence-corrected chi connectivity index (χ2v) is 11.4. The number of nitrogens with zero attached hydrogens (tertiary/aromatic N) is 2. The van der Waals surface area contributed by atoms with E-state index in [2.05, 4.69) is 15.1 Å². The zero-order valence-electron chi connectivity index (χ0n) is 23.3. The summed E-state index contributed by atoms with van der Waals surface area (Å²) >= 11 is 0. The van der Waals surface area contributed by atoms with Gasteiger partial charge in [0.15, 0.2) is 0 Å². The first kappa shape index (κ1) is 30.9. The second kappa shape index (κ2) is 12.9. The number of anilines is 1. The van der Waals surface area contributed by atoms with Crippen LogP contribution in [0.15, 0.2) is 77.8 Å². The zero-order valence-corrected chi connectivity index (χ0v) is 24.1. The average Bonchev–Trinajstić information content (AvgIpc) is 3.36. The van der Waals surface area contributed by atoms with Crippen LogP contribution in [0.25, 0.3) is 11.3 Å². The van der Waals surface area contributed by atoms with Gasteiger partial charge in [-0.2, -0.15) is 18.3 Å². The van der Waals surface area contributed by atoms with Gasteiger partial charge in [-0.05, 0) is 56.2 Å². The number of benzene rings is 3. The van der Waals surface area contributed by atoms with Crippen LogP contribution in [-0.2, 0) is 27.5 Å². The molecule has 222 valence electrons. The van der Waals surface area contributed by atoms with E-state index in [1.165, 1.54) is 23.0 Å². The molecular weight excluding hydrogens is 569 g/mol. The van der Waals surface area contributed by atoms with Crippen molar-refractivity contribution < 1.29 is 31.1 Å². The van der Waals surface area contributed by atoms with E-state index in [1.54, 1.807) is 37.3 Å². The van der Waals surface area contributed by atoms with Crippen molar-refractivity contribution >= 4 is 21.6 Å². The van der Waals surface area contributed by atoms with Gasteiger partial charge in [-0.25, -0.2) is 13.1 Å². The maximum atomic E-state index is 13.5. The van der Waals surface area contributed by atoms with E-state index in [0.717, 1.165) is 17.7 Å². The van der Waals surface area contributed by atoms with Gasteiger partial charge in [0, 0.05) is 30.6 Å². The molecule has 2 N–H and O–H groups in total. The van der Waals surface area contributed by atoms with Gasteiger partial charge in [0.25, 0.3) is 5.91 Å². The second-order valence-electron chi connectivity index (χ2n) is 9.68. The number of carbonyl (C=O) groups excluding carboxylic acids is 1. The van der Waals surface area contributed by atoms with Crippen molar-refractivity contribution in [1.82, 2.24) is 14.5 Å². The fraction of sp³-hybridized carbons (Fsp3) is 0.267. The normalized spacial score (nSPS) is 12.0. The Bertz CT molecular complexity index is 1670. The van der Waals surface area contributed by atoms with E-state index in [4.69, 9.17) is 4.74 Å². The standard InChI is InChI=1S/C30H31F3N4O4S/c1-4-41-15-14-34-42(39,40)27-17-25(13-10-21(27)3)35-29(38)26-19-37(36-28(26)23-11-8-20(2)9-12-23)18-22-6-5-7-24(16-22)30(31,32)33/h5-13,16-17,19,34H,4,14-15,18H2,1-3H3,(H,35,38). The number of hydrogen-bond acceptors (Lipinski definition) is 5.